The van der Waals surface area contributed by atoms with Gasteiger partial charge in [-0.05, 0) is 18.4 Å². The van der Waals surface area contributed by atoms with Crippen molar-refractivity contribution in [2.45, 2.75) is 31.2 Å². The molecule has 0 saturated heterocycles. The molecule has 1 aliphatic rings. The molecule has 0 aromatic rings. The lowest BCUT2D eigenvalue weighted by Gasteiger charge is -2.29. The summed E-state index contributed by atoms with van der Waals surface area (Å²) in [7, 11) is 0. The molecule has 1 rings (SSSR count). The topological polar surface area (TPSA) is 60.7 Å². The van der Waals surface area contributed by atoms with Crippen LogP contribution in [0.2, 0.25) is 0 Å². The van der Waals surface area contributed by atoms with Crippen LogP contribution in [0.1, 0.15) is 12.8 Å². The second kappa shape index (κ2) is 2.70. The molecular weight excluding hydrogens is 132 g/mol. The first-order chi connectivity index (χ1) is 4.63. The number of aliphatic hydroxyl groups is 3. The van der Waals surface area contributed by atoms with Crippen molar-refractivity contribution < 1.29 is 15.3 Å². The van der Waals surface area contributed by atoms with Gasteiger partial charge in [-0.1, -0.05) is 6.58 Å². The Balaban J connectivity index is 2.60. The Labute approximate surface area is 59.6 Å². The average Bonchev–Trinajstić information content (AvgIpc) is 1.93. The molecule has 0 heterocycles. The largest absolute Gasteiger partial charge is 0.390 e. The zero-order chi connectivity index (χ0) is 7.72. The van der Waals surface area contributed by atoms with Crippen LogP contribution in [0.4, 0.5) is 0 Å². The van der Waals surface area contributed by atoms with E-state index in [1.165, 1.54) is 0 Å². The van der Waals surface area contributed by atoms with Crippen LogP contribution in [0, 0.1) is 0 Å². The predicted octanol–water partition coefficient (Wildman–Crippen LogP) is -0.581. The van der Waals surface area contributed by atoms with E-state index in [2.05, 4.69) is 6.58 Å². The minimum Gasteiger partial charge on any atom is -0.390 e. The van der Waals surface area contributed by atoms with Crippen LogP contribution in [0.15, 0.2) is 12.2 Å². The third kappa shape index (κ3) is 1.21. The quantitative estimate of drug-likeness (QED) is 0.398. The van der Waals surface area contributed by atoms with E-state index in [0.717, 1.165) is 0 Å². The maximum Gasteiger partial charge on any atom is 0.110 e. The molecule has 0 bridgehead atoms. The molecule has 3 unspecified atom stereocenters. The number of rotatable bonds is 0. The molecule has 0 radical (unpaired) electrons. The van der Waals surface area contributed by atoms with Crippen molar-refractivity contribution in [1.29, 1.82) is 0 Å². The number of hydrogen-bond acceptors (Lipinski definition) is 3. The Bertz CT molecular complexity index is 144. The van der Waals surface area contributed by atoms with E-state index >= 15 is 0 Å². The summed E-state index contributed by atoms with van der Waals surface area (Å²) in [5, 5.41) is 27.2. The van der Waals surface area contributed by atoms with Crippen molar-refractivity contribution in [2.75, 3.05) is 0 Å². The van der Waals surface area contributed by atoms with Gasteiger partial charge in [-0.25, -0.2) is 0 Å². The van der Waals surface area contributed by atoms with Crippen molar-refractivity contribution in [3.05, 3.63) is 12.2 Å². The van der Waals surface area contributed by atoms with Crippen LogP contribution in [-0.4, -0.2) is 33.6 Å². The molecule has 0 aromatic heterocycles. The van der Waals surface area contributed by atoms with Gasteiger partial charge in [0.05, 0.1) is 6.10 Å². The van der Waals surface area contributed by atoms with Gasteiger partial charge < -0.3 is 15.3 Å². The lowest BCUT2D eigenvalue weighted by molar-refractivity contribution is -0.0623. The van der Waals surface area contributed by atoms with Crippen molar-refractivity contribution in [3.63, 3.8) is 0 Å². The van der Waals surface area contributed by atoms with Gasteiger partial charge in [0.2, 0.25) is 0 Å². The summed E-state index contributed by atoms with van der Waals surface area (Å²) in [5.41, 5.74) is 0.609. The third-order valence-corrected chi connectivity index (χ3v) is 1.90. The number of hydrogen-bond donors (Lipinski definition) is 3. The van der Waals surface area contributed by atoms with Crippen LogP contribution < -0.4 is 0 Å². The first-order valence-electron chi connectivity index (χ1n) is 3.35. The molecule has 10 heavy (non-hydrogen) atoms. The molecule has 0 amide bonds. The Hall–Kier alpha value is -0.380. The molecule has 0 aromatic carbocycles. The fourth-order valence-corrected chi connectivity index (χ4v) is 1.10. The van der Waals surface area contributed by atoms with Crippen molar-refractivity contribution in [2.24, 2.45) is 0 Å². The highest BCUT2D eigenvalue weighted by molar-refractivity contribution is 5.09. The van der Waals surface area contributed by atoms with Gasteiger partial charge in [0.1, 0.15) is 12.2 Å². The van der Waals surface area contributed by atoms with Crippen molar-refractivity contribution in [1.82, 2.24) is 0 Å². The van der Waals surface area contributed by atoms with Gasteiger partial charge in [0.25, 0.3) is 0 Å². The van der Waals surface area contributed by atoms with Crippen LogP contribution in [0.5, 0.6) is 0 Å². The summed E-state index contributed by atoms with van der Waals surface area (Å²) in [6, 6.07) is 0. The second-order valence-electron chi connectivity index (χ2n) is 2.70. The van der Waals surface area contributed by atoms with E-state index in [-0.39, 0.29) is 0 Å². The first kappa shape index (κ1) is 7.72. The van der Waals surface area contributed by atoms with E-state index in [0.29, 0.717) is 18.4 Å². The average molecular weight is 144 g/mol. The second-order valence-corrected chi connectivity index (χ2v) is 2.70. The summed E-state index contributed by atoms with van der Waals surface area (Å²) in [4.78, 5) is 0. The molecule has 3 heteroatoms. The van der Waals surface area contributed by atoms with E-state index in [1.807, 2.05) is 0 Å². The lowest BCUT2D eigenvalue weighted by Crippen LogP contribution is -2.42. The van der Waals surface area contributed by atoms with Gasteiger partial charge in [-0.15, -0.1) is 0 Å². The molecular formula is C7H12O3. The molecule has 58 valence electrons. The Morgan fingerprint density at radius 3 is 2.40 bits per heavy atom. The highest BCUT2D eigenvalue weighted by Crippen LogP contribution is 2.22. The third-order valence-electron chi connectivity index (χ3n) is 1.90. The summed E-state index contributed by atoms with van der Waals surface area (Å²) in [5.74, 6) is 0. The van der Waals surface area contributed by atoms with Crippen molar-refractivity contribution in [3.8, 4) is 0 Å². The summed E-state index contributed by atoms with van der Waals surface area (Å²) >= 11 is 0. The zero-order valence-electron chi connectivity index (χ0n) is 5.70. The Kier molecular flexibility index (Phi) is 2.08. The highest BCUT2D eigenvalue weighted by Gasteiger charge is 2.30. The summed E-state index contributed by atoms with van der Waals surface area (Å²) < 4.78 is 0. The minimum atomic E-state index is -1.04. The van der Waals surface area contributed by atoms with Gasteiger partial charge in [-0.2, -0.15) is 0 Å². The fourth-order valence-electron chi connectivity index (χ4n) is 1.10. The maximum absolute atomic E-state index is 9.11. The molecule has 1 fully saturated rings. The van der Waals surface area contributed by atoms with Crippen LogP contribution >= 0.6 is 0 Å². The van der Waals surface area contributed by atoms with Gasteiger partial charge in [0.15, 0.2) is 0 Å². The van der Waals surface area contributed by atoms with Gasteiger partial charge in [0, 0.05) is 0 Å². The summed E-state index contributed by atoms with van der Waals surface area (Å²) in [6.07, 6.45) is -1.68. The van der Waals surface area contributed by atoms with Crippen LogP contribution in [0.25, 0.3) is 0 Å². The lowest BCUT2D eigenvalue weighted by atomic mass is 9.89. The Morgan fingerprint density at radius 1 is 1.30 bits per heavy atom. The molecule has 1 saturated carbocycles. The zero-order valence-corrected chi connectivity index (χ0v) is 5.70. The maximum atomic E-state index is 9.11. The monoisotopic (exact) mass is 144 g/mol. The minimum absolute atomic E-state index is 0.497. The van der Waals surface area contributed by atoms with Crippen LogP contribution in [0.3, 0.4) is 0 Å². The predicted molar refractivity (Wildman–Crippen MR) is 36.4 cm³/mol. The molecule has 0 aliphatic heterocycles. The van der Waals surface area contributed by atoms with Gasteiger partial charge >= 0.3 is 0 Å². The normalized spacial score (nSPS) is 41.9. The summed E-state index contributed by atoms with van der Waals surface area (Å²) in [6.45, 7) is 3.56. The first-order valence-corrected chi connectivity index (χ1v) is 3.35. The molecule has 1 aliphatic carbocycles. The van der Waals surface area contributed by atoms with E-state index in [1.54, 1.807) is 0 Å². The van der Waals surface area contributed by atoms with E-state index < -0.39 is 18.3 Å². The SMILES string of the molecule is C=C1CCC(O)C(O)C1O. The number of aliphatic hydroxyl groups excluding tert-OH is 3. The molecule has 0 spiro atoms. The molecule has 3 N–H and O–H groups in total. The standard InChI is InChI=1S/C7H12O3/c1-4-2-3-5(8)7(10)6(4)9/h5-10H,1-3H2. The van der Waals surface area contributed by atoms with Crippen LogP contribution in [-0.2, 0) is 0 Å². The molecule has 3 atom stereocenters. The molecule has 3 nitrogen and oxygen atoms in total. The van der Waals surface area contributed by atoms with Crippen molar-refractivity contribution >= 4 is 0 Å². The van der Waals surface area contributed by atoms with E-state index in [9.17, 15) is 0 Å². The van der Waals surface area contributed by atoms with E-state index in [4.69, 9.17) is 15.3 Å². The van der Waals surface area contributed by atoms with Gasteiger partial charge in [-0.3, -0.25) is 0 Å². The highest BCUT2D eigenvalue weighted by atomic mass is 16.4. The Morgan fingerprint density at radius 2 is 1.90 bits per heavy atom. The smallest absolute Gasteiger partial charge is 0.110 e. The fraction of sp³-hybridized carbons (Fsp3) is 0.714.